The number of anilines is 3. The Kier molecular flexibility index (Phi) is 6.70. The minimum atomic E-state index is -3.97. The number of halogens is 4. The number of imide groups is 1. The van der Waals surface area contributed by atoms with E-state index in [4.69, 9.17) is 46.4 Å². The Morgan fingerprint density at radius 3 is 2.18 bits per heavy atom. The molecule has 174 valence electrons. The van der Waals surface area contributed by atoms with Crippen LogP contribution in [0.5, 0.6) is 0 Å². The van der Waals surface area contributed by atoms with Crippen LogP contribution in [0.4, 0.5) is 17.2 Å². The van der Waals surface area contributed by atoms with E-state index in [1.54, 1.807) is 0 Å². The number of rotatable bonds is 6. The third-order valence-electron chi connectivity index (χ3n) is 4.50. The van der Waals surface area contributed by atoms with Crippen LogP contribution in [-0.4, -0.2) is 30.4 Å². The Labute approximate surface area is 213 Å². The van der Waals surface area contributed by atoms with E-state index in [1.807, 2.05) is 0 Å². The van der Waals surface area contributed by atoms with E-state index in [1.165, 1.54) is 54.6 Å². The lowest BCUT2D eigenvalue weighted by molar-refractivity contribution is -0.120. The summed E-state index contributed by atoms with van der Waals surface area (Å²) in [6.07, 6.45) is 0. The molecular formula is C20H11Cl4N5O4S. The van der Waals surface area contributed by atoms with Crippen LogP contribution >= 0.6 is 46.4 Å². The van der Waals surface area contributed by atoms with E-state index < -0.39 is 21.8 Å². The second kappa shape index (κ2) is 9.40. The fourth-order valence-corrected chi connectivity index (χ4v) is 4.61. The fourth-order valence-electron chi connectivity index (χ4n) is 2.92. The third-order valence-corrected chi connectivity index (χ3v) is 7.24. The van der Waals surface area contributed by atoms with Gasteiger partial charge in [-0.2, -0.15) is 0 Å². The highest BCUT2D eigenvalue weighted by Gasteiger charge is 2.40. The number of aromatic nitrogens is 2. The molecule has 0 unspecified atom stereocenters. The Bertz CT molecular complexity index is 1440. The lowest BCUT2D eigenvalue weighted by Crippen LogP contribution is -2.32. The van der Waals surface area contributed by atoms with Gasteiger partial charge >= 0.3 is 0 Å². The summed E-state index contributed by atoms with van der Waals surface area (Å²) in [7, 11) is -3.97. The van der Waals surface area contributed by atoms with Crippen molar-refractivity contribution in [1.29, 1.82) is 0 Å². The predicted octanol–water partition coefficient (Wildman–Crippen LogP) is 4.67. The molecule has 1 aliphatic rings. The SMILES string of the molecule is O=C1C(Cl)=C(Nc2ccc(S(=O)(=O)Nc3ccc(Cl)nn3)cc2)C(=O)N1c1cccc(Cl)c1Cl. The number of nitrogens with zero attached hydrogens (tertiary/aromatic N) is 3. The highest BCUT2D eigenvalue weighted by atomic mass is 35.5. The van der Waals surface area contributed by atoms with E-state index in [0.717, 1.165) is 4.90 Å². The van der Waals surface area contributed by atoms with Crippen LogP contribution in [0.1, 0.15) is 0 Å². The van der Waals surface area contributed by atoms with Crippen molar-refractivity contribution < 1.29 is 18.0 Å². The molecule has 9 nitrogen and oxygen atoms in total. The average molecular weight is 559 g/mol. The van der Waals surface area contributed by atoms with Crippen molar-refractivity contribution in [3.05, 3.63) is 80.5 Å². The summed E-state index contributed by atoms with van der Waals surface area (Å²) < 4.78 is 27.4. The molecule has 2 amide bonds. The zero-order valence-corrected chi connectivity index (χ0v) is 20.4. The maximum Gasteiger partial charge on any atom is 0.283 e. The zero-order valence-electron chi connectivity index (χ0n) is 16.6. The fraction of sp³-hybridized carbons (Fsp3) is 0. The summed E-state index contributed by atoms with van der Waals surface area (Å²) in [4.78, 5) is 26.3. The number of amides is 2. The van der Waals surface area contributed by atoms with Crippen LogP contribution in [0.2, 0.25) is 15.2 Å². The molecule has 2 aromatic carbocycles. The molecule has 1 aliphatic heterocycles. The van der Waals surface area contributed by atoms with Gasteiger partial charge in [0.15, 0.2) is 11.0 Å². The number of carbonyl (C=O) groups excluding carboxylic acids is 2. The number of hydrogen-bond donors (Lipinski definition) is 2. The maximum absolute atomic E-state index is 12.9. The van der Waals surface area contributed by atoms with Crippen LogP contribution in [-0.2, 0) is 19.6 Å². The lowest BCUT2D eigenvalue weighted by atomic mass is 10.3. The molecule has 0 fully saturated rings. The summed E-state index contributed by atoms with van der Waals surface area (Å²) in [5.41, 5.74) is 0.184. The normalized spacial score (nSPS) is 14.1. The van der Waals surface area contributed by atoms with E-state index >= 15 is 0 Å². The van der Waals surface area contributed by atoms with Crippen molar-refractivity contribution in [2.75, 3.05) is 14.9 Å². The predicted molar refractivity (Wildman–Crippen MR) is 130 cm³/mol. The molecule has 0 aliphatic carbocycles. The molecule has 0 bridgehead atoms. The quantitative estimate of drug-likeness (QED) is 0.421. The molecule has 34 heavy (non-hydrogen) atoms. The standard InChI is InChI=1S/C20H11Cl4N5O4S/c21-12-2-1-3-13(16(12)23)29-19(30)17(24)18(20(29)31)25-10-4-6-11(7-5-10)34(32,33)28-15-9-8-14(22)26-27-15/h1-9,25H,(H,27,28). The van der Waals surface area contributed by atoms with Gasteiger partial charge in [0.05, 0.1) is 20.6 Å². The van der Waals surface area contributed by atoms with Gasteiger partial charge in [0.25, 0.3) is 21.8 Å². The number of carbonyl (C=O) groups is 2. The number of nitrogens with one attached hydrogen (secondary N) is 2. The molecule has 4 rings (SSSR count). The molecule has 0 radical (unpaired) electrons. The Hall–Kier alpha value is -2.89. The van der Waals surface area contributed by atoms with Gasteiger partial charge < -0.3 is 5.32 Å². The first-order valence-electron chi connectivity index (χ1n) is 9.20. The van der Waals surface area contributed by atoms with Gasteiger partial charge in [0.2, 0.25) is 0 Å². The minimum Gasteiger partial charge on any atom is -0.350 e. The lowest BCUT2D eigenvalue weighted by Gasteiger charge is -2.17. The Morgan fingerprint density at radius 1 is 0.824 bits per heavy atom. The van der Waals surface area contributed by atoms with E-state index in [9.17, 15) is 18.0 Å². The van der Waals surface area contributed by atoms with Crippen LogP contribution in [0.25, 0.3) is 0 Å². The van der Waals surface area contributed by atoms with Crippen LogP contribution in [0.3, 0.4) is 0 Å². The number of benzene rings is 2. The van der Waals surface area contributed by atoms with E-state index in [-0.39, 0.29) is 42.3 Å². The summed E-state index contributed by atoms with van der Waals surface area (Å²) in [6.45, 7) is 0. The molecule has 0 saturated carbocycles. The van der Waals surface area contributed by atoms with Gasteiger partial charge in [-0.05, 0) is 48.5 Å². The average Bonchev–Trinajstić information content (AvgIpc) is 3.01. The van der Waals surface area contributed by atoms with Crippen molar-refractivity contribution in [2.45, 2.75) is 4.90 Å². The summed E-state index contributed by atoms with van der Waals surface area (Å²) in [5, 5.41) is 9.89. The molecule has 3 aromatic rings. The van der Waals surface area contributed by atoms with Crippen molar-refractivity contribution in [3.63, 3.8) is 0 Å². The van der Waals surface area contributed by atoms with Gasteiger partial charge in [-0.15, -0.1) is 10.2 Å². The first-order chi connectivity index (χ1) is 16.1. The van der Waals surface area contributed by atoms with E-state index in [2.05, 4.69) is 20.2 Å². The third kappa shape index (κ3) is 4.68. The topological polar surface area (TPSA) is 121 Å². The largest absolute Gasteiger partial charge is 0.350 e. The van der Waals surface area contributed by atoms with Gasteiger partial charge in [0.1, 0.15) is 10.7 Å². The molecule has 0 saturated heterocycles. The maximum atomic E-state index is 12.9. The minimum absolute atomic E-state index is 0.0154. The zero-order chi connectivity index (χ0) is 24.6. The Balaban J connectivity index is 1.54. The highest BCUT2D eigenvalue weighted by molar-refractivity contribution is 7.92. The van der Waals surface area contributed by atoms with Crippen LogP contribution < -0.4 is 14.9 Å². The molecule has 1 aromatic heterocycles. The van der Waals surface area contributed by atoms with Gasteiger partial charge in [0, 0.05) is 5.69 Å². The highest BCUT2D eigenvalue weighted by Crippen LogP contribution is 2.37. The summed E-state index contributed by atoms with van der Waals surface area (Å²) in [5.74, 6) is -1.55. The van der Waals surface area contributed by atoms with Crippen LogP contribution in [0, 0.1) is 0 Å². The molecule has 0 atom stereocenters. The monoisotopic (exact) mass is 557 g/mol. The van der Waals surface area contributed by atoms with Crippen molar-refractivity contribution >= 4 is 85.4 Å². The smallest absolute Gasteiger partial charge is 0.283 e. The van der Waals surface area contributed by atoms with Gasteiger partial charge in [-0.3, -0.25) is 14.3 Å². The summed E-state index contributed by atoms with van der Waals surface area (Å²) in [6, 6.07) is 12.6. The molecule has 14 heteroatoms. The number of sulfonamides is 1. The van der Waals surface area contributed by atoms with Crippen molar-refractivity contribution in [2.24, 2.45) is 0 Å². The van der Waals surface area contributed by atoms with Crippen molar-refractivity contribution in [3.8, 4) is 0 Å². The Morgan fingerprint density at radius 2 is 1.53 bits per heavy atom. The molecule has 0 spiro atoms. The van der Waals surface area contributed by atoms with Gasteiger partial charge in [-0.25, -0.2) is 13.3 Å². The molecule has 2 N–H and O–H groups in total. The second-order valence-electron chi connectivity index (χ2n) is 6.70. The van der Waals surface area contributed by atoms with Gasteiger partial charge in [-0.1, -0.05) is 52.5 Å². The van der Waals surface area contributed by atoms with Crippen molar-refractivity contribution in [1.82, 2.24) is 10.2 Å². The summed E-state index contributed by atoms with van der Waals surface area (Å²) >= 11 is 23.9. The number of hydrogen-bond acceptors (Lipinski definition) is 7. The molecular weight excluding hydrogens is 548 g/mol. The van der Waals surface area contributed by atoms with Crippen LogP contribution in [0.15, 0.2) is 70.2 Å². The first-order valence-corrected chi connectivity index (χ1v) is 12.2. The molecule has 2 heterocycles. The van der Waals surface area contributed by atoms with E-state index in [0.29, 0.717) is 5.69 Å². The second-order valence-corrected chi connectivity index (χ2v) is 9.94. The first kappa shape index (κ1) is 24.2.